The fourth-order valence-electron chi connectivity index (χ4n) is 2.95. The van der Waals surface area contributed by atoms with Gasteiger partial charge >= 0.3 is 0 Å². The van der Waals surface area contributed by atoms with Gasteiger partial charge in [-0.2, -0.15) is 0 Å². The quantitative estimate of drug-likeness (QED) is 0.500. The lowest BCUT2D eigenvalue weighted by Crippen LogP contribution is -2.17. The van der Waals surface area contributed by atoms with Crippen molar-refractivity contribution < 1.29 is 0 Å². The summed E-state index contributed by atoms with van der Waals surface area (Å²) in [7, 11) is 0. The minimum absolute atomic E-state index is 0.873. The highest BCUT2D eigenvalue weighted by atomic mass is 32.1. The van der Waals surface area contributed by atoms with Gasteiger partial charge in [0, 0.05) is 37.1 Å². The lowest BCUT2D eigenvalue weighted by atomic mass is 10.1. The lowest BCUT2D eigenvalue weighted by Gasteiger charge is -2.10. The number of hydrogen-bond acceptors (Lipinski definition) is 4. The molecule has 0 radical (unpaired) electrons. The highest BCUT2D eigenvalue weighted by molar-refractivity contribution is 7.07. The van der Waals surface area contributed by atoms with Crippen molar-refractivity contribution in [3.05, 3.63) is 83.3 Å². The van der Waals surface area contributed by atoms with Crippen molar-refractivity contribution in [2.24, 2.45) is 4.99 Å². The summed E-state index contributed by atoms with van der Waals surface area (Å²) >= 11 is 1.67. The Kier molecular flexibility index (Phi) is 5.25. The largest absolute Gasteiger partial charge is 0.337 e. The predicted octanol–water partition coefficient (Wildman–Crippen LogP) is 4.44. The smallest absolute Gasteiger partial charge is 0.190 e. The number of aromatic nitrogens is 4. The molecular formula is C21H21N5S. The maximum absolute atomic E-state index is 4.82. The number of aryl methyl sites for hydroxylation is 2. The van der Waals surface area contributed by atoms with Crippen molar-refractivity contribution in [1.29, 1.82) is 0 Å². The lowest BCUT2D eigenvalue weighted by molar-refractivity contribution is 0.559. The summed E-state index contributed by atoms with van der Waals surface area (Å²) < 4.78 is 4.41. The van der Waals surface area contributed by atoms with Crippen LogP contribution in [-0.2, 0) is 13.1 Å². The average Bonchev–Trinajstić information content (AvgIpc) is 3.34. The van der Waals surface area contributed by atoms with Crippen LogP contribution in [0.4, 0.5) is 5.69 Å². The van der Waals surface area contributed by atoms with E-state index in [4.69, 9.17) is 4.99 Å². The highest BCUT2D eigenvalue weighted by Crippen LogP contribution is 2.21. The molecule has 0 spiro atoms. The number of thiazole rings is 1. The van der Waals surface area contributed by atoms with Crippen molar-refractivity contribution in [2.45, 2.75) is 26.4 Å². The second-order valence-electron chi connectivity index (χ2n) is 6.40. The van der Waals surface area contributed by atoms with E-state index in [-0.39, 0.29) is 0 Å². The summed E-state index contributed by atoms with van der Waals surface area (Å²) in [6.07, 6.45) is 10.2. The highest BCUT2D eigenvalue weighted by Gasteiger charge is 2.08. The molecule has 1 aromatic carbocycles. The average molecular weight is 376 g/mol. The third-order valence-corrected chi connectivity index (χ3v) is 5.24. The molecule has 0 saturated heterocycles. The van der Waals surface area contributed by atoms with Gasteiger partial charge in [-0.1, -0.05) is 29.8 Å². The van der Waals surface area contributed by atoms with Crippen LogP contribution in [0.5, 0.6) is 0 Å². The van der Waals surface area contributed by atoms with E-state index in [0.29, 0.717) is 0 Å². The van der Waals surface area contributed by atoms with Gasteiger partial charge < -0.3 is 9.13 Å². The summed E-state index contributed by atoms with van der Waals surface area (Å²) in [6.45, 7) is 3.94. The Hall–Kier alpha value is -2.99. The minimum Gasteiger partial charge on any atom is -0.337 e. The van der Waals surface area contributed by atoms with Crippen LogP contribution < -0.4 is 4.80 Å². The molecule has 3 heterocycles. The number of rotatable bonds is 6. The van der Waals surface area contributed by atoms with Crippen molar-refractivity contribution >= 4 is 17.0 Å². The van der Waals surface area contributed by atoms with Crippen LogP contribution in [0.15, 0.2) is 77.9 Å². The third kappa shape index (κ3) is 4.23. The zero-order valence-electron chi connectivity index (χ0n) is 15.2. The molecule has 0 aliphatic rings. The molecule has 4 rings (SSSR count). The van der Waals surface area contributed by atoms with Gasteiger partial charge in [0.25, 0.3) is 0 Å². The first-order valence-corrected chi connectivity index (χ1v) is 9.83. The SMILES string of the molecule is Cc1ccc(-c2csc(=Nc3cccnc3)n2CCCn2ccnc2)cc1. The Labute approximate surface area is 162 Å². The van der Waals surface area contributed by atoms with Crippen LogP contribution in [0.25, 0.3) is 11.3 Å². The van der Waals surface area contributed by atoms with Gasteiger partial charge in [-0.05, 0) is 31.0 Å². The van der Waals surface area contributed by atoms with Gasteiger partial charge in [0.15, 0.2) is 4.80 Å². The molecule has 3 aromatic heterocycles. The predicted molar refractivity (Wildman–Crippen MR) is 109 cm³/mol. The molecule has 0 unspecified atom stereocenters. The Morgan fingerprint density at radius 2 is 1.93 bits per heavy atom. The Morgan fingerprint density at radius 3 is 2.67 bits per heavy atom. The molecule has 6 heteroatoms. The van der Waals surface area contributed by atoms with Crippen LogP contribution in [-0.4, -0.2) is 19.1 Å². The summed E-state index contributed by atoms with van der Waals surface area (Å²) in [4.78, 5) is 14.1. The molecule has 0 bridgehead atoms. The maximum atomic E-state index is 4.82. The Balaban J connectivity index is 1.68. The summed E-state index contributed by atoms with van der Waals surface area (Å²) in [6, 6.07) is 12.6. The van der Waals surface area contributed by atoms with E-state index < -0.39 is 0 Å². The van der Waals surface area contributed by atoms with E-state index in [1.165, 1.54) is 16.8 Å². The molecule has 0 fully saturated rings. The van der Waals surface area contributed by atoms with Gasteiger partial charge in [0.1, 0.15) is 0 Å². The van der Waals surface area contributed by atoms with Gasteiger partial charge in [-0.15, -0.1) is 11.3 Å². The van der Waals surface area contributed by atoms with Crippen molar-refractivity contribution in [2.75, 3.05) is 0 Å². The Morgan fingerprint density at radius 1 is 1.04 bits per heavy atom. The Bertz CT molecular complexity index is 1040. The summed E-state index contributed by atoms with van der Waals surface area (Å²) in [5.74, 6) is 0. The molecular weight excluding hydrogens is 354 g/mol. The zero-order valence-corrected chi connectivity index (χ0v) is 16.0. The van der Waals surface area contributed by atoms with Gasteiger partial charge in [-0.3, -0.25) is 4.98 Å². The minimum atomic E-state index is 0.873. The van der Waals surface area contributed by atoms with Crippen LogP contribution in [0.1, 0.15) is 12.0 Å². The number of pyridine rings is 1. The van der Waals surface area contributed by atoms with Gasteiger partial charge in [0.05, 0.1) is 23.9 Å². The van der Waals surface area contributed by atoms with Crippen LogP contribution in [0.2, 0.25) is 0 Å². The normalized spacial score (nSPS) is 11.8. The molecule has 0 amide bonds. The molecule has 0 aliphatic heterocycles. The van der Waals surface area contributed by atoms with E-state index in [1.807, 2.05) is 30.9 Å². The standard InChI is InChI=1S/C21H21N5S/c1-17-5-7-18(8-6-17)20-15-27-21(24-19-4-2-9-22-14-19)26(20)12-3-11-25-13-10-23-16-25/h2,4-10,13-16H,3,11-12H2,1H3. The van der Waals surface area contributed by atoms with Crippen LogP contribution >= 0.6 is 11.3 Å². The van der Waals surface area contributed by atoms with Crippen molar-refractivity contribution in [3.63, 3.8) is 0 Å². The fraction of sp³-hybridized carbons (Fsp3) is 0.190. The number of nitrogens with zero attached hydrogens (tertiary/aromatic N) is 5. The van der Waals surface area contributed by atoms with E-state index in [0.717, 1.165) is 30.0 Å². The van der Waals surface area contributed by atoms with Gasteiger partial charge in [-0.25, -0.2) is 9.98 Å². The number of imidazole rings is 1. The third-order valence-electron chi connectivity index (χ3n) is 4.37. The maximum Gasteiger partial charge on any atom is 0.190 e. The first-order chi connectivity index (χ1) is 13.3. The molecule has 0 N–H and O–H groups in total. The second-order valence-corrected chi connectivity index (χ2v) is 7.23. The fourth-order valence-corrected chi connectivity index (χ4v) is 3.91. The van der Waals surface area contributed by atoms with Crippen LogP contribution in [0.3, 0.4) is 0 Å². The van der Waals surface area contributed by atoms with E-state index in [2.05, 4.69) is 55.7 Å². The molecule has 27 heavy (non-hydrogen) atoms. The summed E-state index contributed by atoms with van der Waals surface area (Å²) in [5.41, 5.74) is 4.56. The second kappa shape index (κ2) is 8.14. The topological polar surface area (TPSA) is 48.0 Å². The first-order valence-electron chi connectivity index (χ1n) is 8.95. The van der Waals surface area contributed by atoms with Crippen molar-refractivity contribution in [3.8, 4) is 11.3 Å². The molecule has 0 saturated carbocycles. The van der Waals surface area contributed by atoms with Crippen molar-refractivity contribution in [1.82, 2.24) is 19.1 Å². The van der Waals surface area contributed by atoms with Crippen LogP contribution in [0, 0.1) is 6.92 Å². The van der Waals surface area contributed by atoms with E-state index >= 15 is 0 Å². The number of hydrogen-bond donors (Lipinski definition) is 0. The summed E-state index contributed by atoms with van der Waals surface area (Å²) in [5, 5.41) is 2.19. The molecule has 136 valence electrons. The first kappa shape index (κ1) is 17.4. The van der Waals surface area contributed by atoms with E-state index in [9.17, 15) is 0 Å². The monoisotopic (exact) mass is 375 g/mol. The molecule has 0 aliphatic carbocycles. The molecule has 0 atom stereocenters. The van der Waals surface area contributed by atoms with Gasteiger partial charge in [0.2, 0.25) is 0 Å². The molecule has 5 nitrogen and oxygen atoms in total. The molecule has 4 aromatic rings. The van der Waals surface area contributed by atoms with E-state index in [1.54, 1.807) is 23.7 Å². The zero-order chi connectivity index (χ0) is 18.5. The number of benzene rings is 1.